The third kappa shape index (κ3) is 6.72. The van der Waals surface area contributed by atoms with Gasteiger partial charge in [0, 0.05) is 58.1 Å². The number of amides is 2. The van der Waals surface area contributed by atoms with Crippen LogP contribution in [0.4, 0.5) is 27.8 Å². The number of morpholine rings is 1. The molecule has 0 spiro atoms. The second-order valence-electron chi connectivity index (χ2n) is 12.0. The molecule has 3 fully saturated rings. The van der Waals surface area contributed by atoms with Crippen molar-refractivity contribution in [3.63, 3.8) is 0 Å². The number of carbonyl (C=O) groups excluding carboxylic acids is 2. The zero-order chi connectivity index (χ0) is 31.9. The van der Waals surface area contributed by atoms with E-state index in [4.69, 9.17) is 9.72 Å². The Morgan fingerprint density at radius 1 is 1.24 bits per heavy atom. The molecule has 3 aliphatic rings. The number of anilines is 1. The number of hydrogen-bond acceptors (Lipinski definition) is 8. The highest BCUT2D eigenvalue weighted by Gasteiger charge is 2.45. The summed E-state index contributed by atoms with van der Waals surface area (Å²) in [7, 11) is 1.59. The first-order valence-corrected chi connectivity index (χ1v) is 15.0. The molecule has 12 nitrogen and oxygen atoms in total. The summed E-state index contributed by atoms with van der Waals surface area (Å²) < 4.78 is 78.0. The Morgan fingerprint density at radius 2 is 2.02 bits per heavy atom. The number of halogens is 5. The number of piperidine rings is 1. The number of carbonyl (C=O) groups is 2. The Kier molecular flexibility index (Phi) is 8.39. The largest absolute Gasteiger partial charge is 0.393 e. The fourth-order valence-electron chi connectivity index (χ4n) is 6.47. The molecule has 2 saturated heterocycles. The summed E-state index contributed by atoms with van der Waals surface area (Å²) >= 11 is 0. The van der Waals surface area contributed by atoms with Crippen molar-refractivity contribution in [1.82, 2.24) is 40.0 Å². The molecular weight excluding hydrogens is 605 g/mol. The van der Waals surface area contributed by atoms with Gasteiger partial charge in [0.2, 0.25) is 11.8 Å². The Morgan fingerprint density at radius 3 is 2.71 bits per heavy atom. The molecule has 2 amide bonds. The SMILES string of the molecule is Cn1nccc1C(=O)NC(c1cn2nc(CC3CC(C(F)(F)F)CNC3=O)c(N3CCOCC3)nc2n1)C1CCCC(F)(F)C1. The van der Waals surface area contributed by atoms with Gasteiger partial charge in [-0.2, -0.15) is 28.4 Å². The summed E-state index contributed by atoms with van der Waals surface area (Å²) in [6.45, 7) is 1.19. The molecule has 0 radical (unpaired) electrons. The Labute approximate surface area is 254 Å². The van der Waals surface area contributed by atoms with E-state index in [2.05, 4.69) is 25.8 Å². The minimum atomic E-state index is -4.46. The lowest BCUT2D eigenvalue weighted by Gasteiger charge is -2.34. The van der Waals surface area contributed by atoms with Crippen molar-refractivity contribution < 1.29 is 36.3 Å². The van der Waals surface area contributed by atoms with Crippen LogP contribution in [-0.2, 0) is 23.0 Å². The smallest absolute Gasteiger partial charge is 0.378 e. The van der Waals surface area contributed by atoms with Gasteiger partial charge in [-0.15, -0.1) is 0 Å². The molecule has 4 unspecified atom stereocenters. The normalized spacial score (nSPS) is 24.8. The van der Waals surface area contributed by atoms with Crippen molar-refractivity contribution in [2.45, 2.75) is 56.7 Å². The van der Waals surface area contributed by atoms with Crippen LogP contribution in [0.15, 0.2) is 18.5 Å². The highest BCUT2D eigenvalue weighted by Crippen LogP contribution is 2.42. The lowest BCUT2D eigenvalue weighted by molar-refractivity contribution is -0.183. The first-order valence-electron chi connectivity index (χ1n) is 15.0. The molecular formula is C28H34F5N9O3. The van der Waals surface area contributed by atoms with Crippen LogP contribution >= 0.6 is 0 Å². The van der Waals surface area contributed by atoms with Gasteiger partial charge < -0.3 is 20.3 Å². The lowest BCUT2D eigenvalue weighted by Crippen LogP contribution is -2.47. The average molecular weight is 640 g/mol. The van der Waals surface area contributed by atoms with E-state index < -0.39 is 60.7 Å². The summed E-state index contributed by atoms with van der Waals surface area (Å²) in [6.07, 6.45) is -1.98. The van der Waals surface area contributed by atoms with Crippen LogP contribution in [0.2, 0.25) is 0 Å². The Hall–Kier alpha value is -3.89. The van der Waals surface area contributed by atoms with Crippen LogP contribution in [0, 0.1) is 17.8 Å². The van der Waals surface area contributed by atoms with E-state index in [9.17, 15) is 31.5 Å². The number of fused-ring (bicyclic) bond motifs is 1. The molecule has 45 heavy (non-hydrogen) atoms. The third-order valence-electron chi connectivity index (χ3n) is 8.87. The monoisotopic (exact) mass is 639 g/mol. The highest BCUT2D eigenvalue weighted by atomic mass is 19.4. The molecule has 244 valence electrons. The molecule has 17 heteroatoms. The standard InChI is InChI=1S/C28H34F5N9O3/c1-40-21(4-6-35-40)25(44)37-22(16-3-2-5-27(29,30)13-16)20-15-42-26(36-20)38-23(41-7-9-45-10-8-41)19(39-42)12-17-11-18(28(31,32)33)14-34-24(17)43/h4,6,15-18,22H,2-3,5,7-14H2,1H3,(H,34,43)(H,37,44). The summed E-state index contributed by atoms with van der Waals surface area (Å²) in [5.74, 6) is -6.73. The summed E-state index contributed by atoms with van der Waals surface area (Å²) in [5.41, 5.74) is 0.809. The molecule has 5 heterocycles. The number of ether oxygens (including phenoxy) is 1. The summed E-state index contributed by atoms with van der Waals surface area (Å²) in [6, 6.07) is 0.606. The van der Waals surface area contributed by atoms with Gasteiger partial charge in [0.05, 0.1) is 37.1 Å². The maximum atomic E-state index is 14.6. The van der Waals surface area contributed by atoms with E-state index in [1.807, 2.05) is 4.90 Å². The van der Waals surface area contributed by atoms with Gasteiger partial charge >= 0.3 is 6.18 Å². The lowest BCUT2D eigenvalue weighted by atomic mass is 9.80. The number of hydrogen-bond donors (Lipinski definition) is 2. The van der Waals surface area contributed by atoms with Crippen molar-refractivity contribution in [2.24, 2.45) is 24.8 Å². The fourth-order valence-corrected chi connectivity index (χ4v) is 6.47. The van der Waals surface area contributed by atoms with Gasteiger partial charge in [0.15, 0.2) is 5.82 Å². The van der Waals surface area contributed by atoms with Gasteiger partial charge in [-0.3, -0.25) is 14.3 Å². The molecule has 2 N–H and O–H groups in total. The maximum absolute atomic E-state index is 14.6. The molecule has 4 atom stereocenters. The van der Waals surface area contributed by atoms with Gasteiger partial charge in [-0.1, -0.05) is 0 Å². The van der Waals surface area contributed by atoms with Crippen LogP contribution in [0.5, 0.6) is 0 Å². The van der Waals surface area contributed by atoms with Crippen LogP contribution in [0.1, 0.15) is 60.0 Å². The average Bonchev–Trinajstić information content (AvgIpc) is 3.61. The van der Waals surface area contributed by atoms with Gasteiger partial charge in [-0.05, 0) is 31.2 Å². The quantitative estimate of drug-likeness (QED) is 0.378. The van der Waals surface area contributed by atoms with Crippen molar-refractivity contribution in [3.8, 4) is 0 Å². The minimum Gasteiger partial charge on any atom is -0.378 e. The molecule has 3 aromatic rings. The van der Waals surface area contributed by atoms with Crippen molar-refractivity contribution in [3.05, 3.63) is 35.5 Å². The first-order chi connectivity index (χ1) is 21.4. The zero-order valence-electron chi connectivity index (χ0n) is 24.6. The number of alkyl halides is 5. The highest BCUT2D eigenvalue weighted by molar-refractivity contribution is 5.92. The Bertz CT molecular complexity index is 1550. The van der Waals surface area contributed by atoms with Gasteiger partial charge in [0.25, 0.3) is 11.7 Å². The van der Waals surface area contributed by atoms with E-state index >= 15 is 0 Å². The van der Waals surface area contributed by atoms with Crippen LogP contribution < -0.4 is 15.5 Å². The van der Waals surface area contributed by atoms with Crippen molar-refractivity contribution in [2.75, 3.05) is 37.7 Å². The molecule has 2 aliphatic heterocycles. The van der Waals surface area contributed by atoms with Gasteiger partial charge in [-0.25, -0.2) is 18.3 Å². The zero-order valence-corrected chi connectivity index (χ0v) is 24.6. The predicted molar refractivity (Wildman–Crippen MR) is 148 cm³/mol. The van der Waals surface area contributed by atoms with E-state index in [1.165, 1.54) is 27.7 Å². The summed E-state index contributed by atoms with van der Waals surface area (Å²) in [4.78, 5) is 37.1. The molecule has 1 aliphatic carbocycles. The molecule has 0 bridgehead atoms. The molecule has 3 aromatic heterocycles. The number of nitrogens with one attached hydrogen (secondary N) is 2. The molecule has 6 rings (SSSR count). The number of aryl methyl sites for hydroxylation is 1. The maximum Gasteiger partial charge on any atom is 0.393 e. The van der Waals surface area contributed by atoms with Crippen molar-refractivity contribution >= 4 is 23.4 Å². The third-order valence-corrected chi connectivity index (χ3v) is 8.87. The number of imidazole rings is 1. The fraction of sp³-hybridized carbons (Fsp3) is 0.643. The van der Waals surface area contributed by atoms with E-state index in [0.29, 0.717) is 44.2 Å². The molecule has 0 aromatic carbocycles. The topological polar surface area (TPSA) is 132 Å². The van der Waals surface area contributed by atoms with E-state index in [0.717, 1.165) is 0 Å². The van der Waals surface area contributed by atoms with Crippen molar-refractivity contribution in [1.29, 1.82) is 0 Å². The number of aromatic nitrogens is 6. The second kappa shape index (κ2) is 12.1. The predicted octanol–water partition coefficient (Wildman–Crippen LogP) is 2.85. The Balaban J connectivity index is 1.37. The second-order valence-corrected chi connectivity index (χ2v) is 12.0. The number of nitrogens with zero attached hydrogens (tertiary/aromatic N) is 7. The first kappa shape index (κ1) is 31.1. The van der Waals surface area contributed by atoms with E-state index in [1.54, 1.807) is 7.05 Å². The van der Waals surface area contributed by atoms with Crippen LogP contribution in [0.3, 0.4) is 0 Å². The van der Waals surface area contributed by atoms with E-state index in [-0.39, 0.29) is 42.8 Å². The summed E-state index contributed by atoms with van der Waals surface area (Å²) in [5, 5.41) is 13.9. The van der Waals surface area contributed by atoms with Crippen LogP contribution in [0.25, 0.3) is 5.78 Å². The number of rotatable bonds is 7. The van der Waals surface area contributed by atoms with Gasteiger partial charge in [0.1, 0.15) is 11.4 Å². The molecule has 1 saturated carbocycles. The van der Waals surface area contributed by atoms with Crippen LogP contribution in [-0.4, -0.2) is 86.1 Å². The minimum absolute atomic E-state index is 0.100.